The van der Waals surface area contributed by atoms with Gasteiger partial charge in [0.2, 0.25) is 0 Å². The van der Waals surface area contributed by atoms with Crippen LogP contribution in [0.2, 0.25) is 0 Å². The molecule has 3 N–H and O–H groups in total. The molecule has 0 aliphatic heterocycles. The molecule has 6 saturated carbocycles. The lowest BCUT2D eigenvalue weighted by atomic mass is 9.32. The molecule has 6 aliphatic carbocycles. The molecule has 0 heterocycles. The molecule has 0 aromatic carbocycles. The molecule has 12 atom stereocenters. The van der Waals surface area contributed by atoms with Gasteiger partial charge in [0.15, 0.2) is 0 Å². The molecule has 0 bridgehead atoms. The largest absolute Gasteiger partial charge is 0.481 e. The molecule has 6 fully saturated rings. The number of nitrogens with two attached hydrogens (primary N) is 1. The molecule has 0 aromatic heterocycles. The van der Waals surface area contributed by atoms with E-state index in [1.54, 1.807) is 0 Å². The van der Waals surface area contributed by atoms with E-state index in [1.165, 1.54) is 44.1 Å². The molecule has 244 valence electrons. The smallest absolute Gasteiger partial charge is 0.309 e. The summed E-state index contributed by atoms with van der Waals surface area (Å²) in [6, 6.07) is 0. The standard InChI is InChI=1S/C37H59NO4.ClH/c1-22(2)25-13-18-37(38)20-19-35(6)26(30(25)37)11-12-28-34(5)16-15-29(33(3,4)27(34)14-17-36(28,35)7)42-32(41)24-10-8-9-23(21-24)31(39)40;/h23-30H,1,8-21,38H2,2-7H3,(H,39,40);1H/t23-,24+,25+,26-,27+,28-,29+,30-,34+,35-,36-,37+;/m1./s1. The SMILES string of the molecule is C=C(C)[C@@H]1CC[C@]2(N)CC[C@]3(C)[C@H](CC[C@@H]4[C@@]5(C)CC[C@H](OC(=O)[C@H]6CCC[C@@H](C(=O)O)C6)C(C)(C)[C@@H]5CC[C@]43C)[C@@H]12.Cl. The molecule has 0 saturated heterocycles. The number of ether oxygens (including phenoxy) is 1. The molecule has 6 aliphatic rings. The van der Waals surface area contributed by atoms with E-state index in [-0.39, 0.29) is 52.2 Å². The highest BCUT2D eigenvalue weighted by Crippen LogP contribution is 2.76. The van der Waals surface area contributed by atoms with Crippen molar-refractivity contribution in [3.8, 4) is 0 Å². The second-order valence-electron chi connectivity index (χ2n) is 17.6. The van der Waals surface area contributed by atoms with Crippen LogP contribution in [0.15, 0.2) is 12.2 Å². The summed E-state index contributed by atoms with van der Waals surface area (Å²) in [5, 5.41) is 9.54. The average Bonchev–Trinajstić information content (AvgIpc) is 3.28. The van der Waals surface area contributed by atoms with E-state index in [2.05, 4.69) is 48.1 Å². The summed E-state index contributed by atoms with van der Waals surface area (Å²) in [4.78, 5) is 25.0. The van der Waals surface area contributed by atoms with Gasteiger partial charge >= 0.3 is 11.9 Å². The van der Waals surface area contributed by atoms with Crippen LogP contribution in [-0.4, -0.2) is 28.7 Å². The maximum Gasteiger partial charge on any atom is 0.309 e. The van der Waals surface area contributed by atoms with E-state index in [4.69, 9.17) is 10.5 Å². The van der Waals surface area contributed by atoms with Crippen LogP contribution in [0.25, 0.3) is 0 Å². The molecule has 43 heavy (non-hydrogen) atoms. The number of fused-ring (bicyclic) bond motifs is 7. The first-order valence-electron chi connectivity index (χ1n) is 17.5. The quantitative estimate of drug-likeness (QED) is 0.244. The summed E-state index contributed by atoms with van der Waals surface area (Å²) in [6.07, 6.45) is 14.4. The highest BCUT2D eigenvalue weighted by atomic mass is 35.5. The molecule has 5 nitrogen and oxygen atoms in total. The zero-order chi connectivity index (χ0) is 30.5. The van der Waals surface area contributed by atoms with Crippen molar-refractivity contribution in [3.63, 3.8) is 0 Å². The number of hydrogen-bond donors (Lipinski definition) is 2. The van der Waals surface area contributed by atoms with Crippen LogP contribution in [0.4, 0.5) is 0 Å². The maximum atomic E-state index is 13.4. The third-order valence-corrected chi connectivity index (χ3v) is 15.7. The van der Waals surface area contributed by atoms with Crippen LogP contribution in [0.3, 0.4) is 0 Å². The molecule has 0 unspecified atom stereocenters. The van der Waals surface area contributed by atoms with Gasteiger partial charge in [-0.25, -0.2) is 0 Å². The lowest BCUT2D eigenvalue weighted by Gasteiger charge is -2.72. The number of allylic oxidation sites excluding steroid dienone is 1. The normalized spacial score (nSPS) is 50.1. The van der Waals surface area contributed by atoms with Gasteiger partial charge in [0, 0.05) is 11.0 Å². The van der Waals surface area contributed by atoms with Crippen molar-refractivity contribution in [1.82, 2.24) is 0 Å². The Morgan fingerprint density at radius 1 is 0.814 bits per heavy atom. The monoisotopic (exact) mass is 617 g/mol. The Bertz CT molecular complexity index is 1140. The number of aliphatic carboxylic acids is 1. The lowest BCUT2D eigenvalue weighted by molar-refractivity contribution is -0.245. The number of halogens is 1. The Kier molecular flexibility index (Phi) is 8.54. The summed E-state index contributed by atoms with van der Waals surface area (Å²) in [6.45, 7) is 19.4. The fraction of sp³-hybridized carbons (Fsp3) is 0.892. The van der Waals surface area contributed by atoms with Gasteiger partial charge < -0.3 is 15.6 Å². The molecule has 0 amide bonds. The molecule has 6 heteroatoms. The predicted molar refractivity (Wildman–Crippen MR) is 174 cm³/mol. The minimum absolute atomic E-state index is 0. The zero-order valence-electron chi connectivity index (χ0n) is 27.9. The van der Waals surface area contributed by atoms with Gasteiger partial charge in [-0.15, -0.1) is 12.4 Å². The first-order chi connectivity index (χ1) is 19.6. The number of rotatable bonds is 4. The van der Waals surface area contributed by atoms with E-state index in [0.29, 0.717) is 47.8 Å². The summed E-state index contributed by atoms with van der Waals surface area (Å²) in [5.41, 5.74) is 9.31. The van der Waals surface area contributed by atoms with Crippen molar-refractivity contribution in [2.45, 2.75) is 143 Å². The highest BCUT2D eigenvalue weighted by molar-refractivity contribution is 5.85. The first kappa shape index (κ1) is 33.3. The molecule has 0 aromatic rings. The number of esters is 1. The van der Waals surface area contributed by atoms with Crippen molar-refractivity contribution in [3.05, 3.63) is 12.2 Å². The second kappa shape index (κ2) is 11.0. The topological polar surface area (TPSA) is 89.6 Å². The summed E-state index contributed by atoms with van der Waals surface area (Å²) in [7, 11) is 0. The van der Waals surface area contributed by atoms with Gasteiger partial charge in [0.05, 0.1) is 11.8 Å². The van der Waals surface area contributed by atoms with Crippen LogP contribution in [0.1, 0.15) is 131 Å². The van der Waals surface area contributed by atoms with Crippen LogP contribution in [-0.2, 0) is 14.3 Å². The Morgan fingerprint density at radius 2 is 1.51 bits per heavy atom. The summed E-state index contributed by atoms with van der Waals surface area (Å²) < 4.78 is 6.37. The Labute approximate surface area is 267 Å². The van der Waals surface area contributed by atoms with E-state index in [1.807, 2.05) is 0 Å². The van der Waals surface area contributed by atoms with E-state index < -0.39 is 11.9 Å². The van der Waals surface area contributed by atoms with Crippen molar-refractivity contribution in [2.75, 3.05) is 0 Å². The lowest BCUT2D eigenvalue weighted by Crippen LogP contribution is -2.68. The van der Waals surface area contributed by atoms with Crippen molar-refractivity contribution in [2.24, 2.45) is 68.8 Å². The Morgan fingerprint density at radius 3 is 2.19 bits per heavy atom. The fourth-order valence-electron chi connectivity index (χ4n) is 13.3. The molecule has 6 rings (SSSR count). The predicted octanol–water partition coefficient (Wildman–Crippen LogP) is 8.58. The van der Waals surface area contributed by atoms with Gasteiger partial charge in [-0.3, -0.25) is 9.59 Å². The molecular weight excluding hydrogens is 558 g/mol. The van der Waals surface area contributed by atoms with Crippen molar-refractivity contribution >= 4 is 24.3 Å². The van der Waals surface area contributed by atoms with Crippen molar-refractivity contribution in [1.29, 1.82) is 0 Å². The maximum absolute atomic E-state index is 13.4. The van der Waals surface area contributed by atoms with E-state index in [9.17, 15) is 14.7 Å². The van der Waals surface area contributed by atoms with Gasteiger partial charge in [0.1, 0.15) is 6.10 Å². The molecular formula is C37H60ClNO4. The van der Waals surface area contributed by atoms with Gasteiger partial charge in [-0.1, -0.05) is 53.2 Å². The van der Waals surface area contributed by atoms with Crippen LogP contribution in [0.5, 0.6) is 0 Å². The van der Waals surface area contributed by atoms with Crippen molar-refractivity contribution < 1.29 is 19.4 Å². The van der Waals surface area contributed by atoms with Crippen LogP contribution >= 0.6 is 12.4 Å². The average molecular weight is 618 g/mol. The minimum Gasteiger partial charge on any atom is -0.481 e. The Balaban J connectivity index is 0.00000368. The van der Waals surface area contributed by atoms with Crippen LogP contribution < -0.4 is 5.73 Å². The number of carboxylic acid groups (broad SMARTS) is 1. The fourth-order valence-corrected chi connectivity index (χ4v) is 13.3. The number of carboxylic acids is 1. The number of carbonyl (C=O) groups is 2. The second-order valence-corrected chi connectivity index (χ2v) is 17.6. The Hall–Kier alpha value is -1.07. The summed E-state index contributed by atoms with van der Waals surface area (Å²) in [5.74, 6) is 1.41. The van der Waals surface area contributed by atoms with Gasteiger partial charge in [-0.05, 0) is 136 Å². The highest BCUT2D eigenvalue weighted by Gasteiger charge is 2.70. The van der Waals surface area contributed by atoms with Gasteiger partial charge in [0.25, 0.3) is 0 Å². The third kappa shape index (κ3) is 4.78. The van der Waals surface area contributed by atoms with Crippen LogP contribution in [0, 0.1) is 63.1 Å². The minimum atomic E-state index is -0.770. The number of carbonyl (C=O) groups excluding carboxylic acids is 1. The first-order valence-corrected chi connectivity index (χ1v) is 17.5. The zero-order valence-corrected chi connectivity index (χ0v) is 28.7. The molecule has 0 radical (unpaired) electrons. The molecule has 0 spiro atoms. The van der Waals surface area contributed by atoms with E-state index >= 15 is 0 Å². The third-order valence-electron chi connectivity index (χ3n) is 15.7. The summed E-state index contributed by atoms with van der Waals surface area (Å²) >= 11 is 0. The van der Waals surface area contributed by atoms with E-state index in [0.717, 1.165) is 38.5 Å². The number of hydrogen-bond acceptors (Lipinski definition) is 4. The van der Waals surface area contributed by atoms with Gasteiger partial charge in [-0.2, -0.15) is 0 Å².